The van der Waals surface area contributed by atoms with Crippen LogP contribution in [0.2, 0.25) is 6.04 Å². The highest BCUT2D eigenvalue weighted by molar-refractivity contribution is 6.27. The molecule has 0 aromatic rings. The van der Waals surface area contributed by atoms with E-state index in [1.54, 1.807) is 7.11 Å². The molecule has 2 radical (unpaired) electrons. The van der Waals surface area contributed by atoms with Gasteiger partial charge in [0.2, 0.25) is 9.76 Å². The number of nitrogens with zero attached hydrogens (tertiary/aromatic N) is 1. The van der Waals surface area contributed by atoms with Gasteiger partial charge in [0.05, 0.1) is 0 Å². The molecule has 0 saturated carbocycles. The van der Waals surface area contributed by atoms with Gasteiger partial charge in [-0.2, -0.15) is 0 Å². The van der Waals surface area contributed by atoms with Crippen LogP contribution >= 0.6 is 0 Å². The van der Waals surface area contributed by atoms with Crippen LogP contribution < -0.4 is 0 Å². The van der Waals surface area contributed by atoms with Crippen LogP contribution in [0.5, 0.6) is 0 Å². The molecule has 0 aliphatic rings. The van der Waals surface area contributed by atoms with Crippen LogP contribution in [-0.2, 0) is 4.43 Å². The van der Waals surface area contributed by atoms with Gasteiger partial charge in [0.25, 0.3) is 0 Å². The summed E-state index contributed by atoms with van der Waals surface area (Å²) in [7, 11) is 2.35. The first kappa shape index (κ1) is 11.8. The molecule has 0 amide bonds. The molecule has 0 saturated heterocycles. The Morgan fingerprint density at radius 3 is 2.83 bits per heavy atom. The van der Waals surface area contributed by atoms with E-state index in [-0.39, 0.29) is 0 Å². The predicted molar refractivity (Wildman–Crippen MR) is 55.1 cm³/mol. The second-order valence-corrected chi connectivity index (χ2v) is 4.02. The number of unbranched alkanes of at least 4 members (excludes halogenated alkanes) is 1. The van der Waals surface area contributed by atoms with Gasteiger partial charge < -0.3 is 4.43 Å². The summed E-state index contributed by atoms with van der Waals surface area (Å²) < 4.78 is 4.96. The minimum atomic E-state index is 0.610. The van der Waals surface area contributed by atoms with Gasteiger partial charge in [0.15, 0.2) is 0 Å². The molecule has 0 rings (SSSR count). The van der Waals surface area contributed by atoms with E-state index in [2.05, 4.69) is 18.8 Å². The molecule has 0 unspecified atom stereocenters. The lowest BCUT2D eigenvalue weighted by atomic mass is 10.2. The molecule has 0 heterocycles. The molecule has 0 N–H and O–H groups in total. The van der Waals surface area contributed by atoms with Crippen molar-refractivity contribution in [1.29, 1.82) is 0 Å². The fourth-order valence-electron chi connectivity index (χ4n) is 0.906. The Balaban J connectivity index is 3.28. The Morgan fingerprint density at radius 1 is 1.50 bits per heavy atom. The maximum atomic E-state index is 4.96. The van der Waals surface area contributed by atoms with E-state index in [1.165, 1.54) is 18.6 Å². The van der Waals surface area contributed by atoms with Crippen molar-refractivity contribution in [3.05, 3.63) is 0 Å². The van der Waals surface area contributed by atoms with Crippen LogP contribution in [0.1, 0.15) is 33.1 Å². The number of hydrogen-bond donors (Lipinski definition) is 0. The Hall–Kier alpha value is -0.153. The summed E-state index contributed by atoms with van der Waals surface area (Å²) >= 11 is 0. The van der Waals surface area contributed by atoms with Crippen molar-refractivity contribution < 1.29 is 4.43 Å². The molecule has 0 aromatic heterocycles. The number of aliphatic imine (C=N–C) groups is 1. The van der Waals surface area contributed by atoms with Crippen LogP contribution in [0.15, 0.2) is 4.99 Å². The SMILES string of the molecule is CCCCC(C)=NCC[Si]OC. The normalized spacial score (nSPS) is 12.1. The molecule has 0 fully saturated rings. The van der Waals surface area contributed by atoms with E-state index in [4.69, 9.17) is 4.43 Å². The quantitative estimate of drug-likeness (QED) is 0.339. The Morgan fingerprint density at radius 2 is 2.25 bits per heavy atom. The van der Waals surface area contributed by atoms with E-state index in [1.807, 2.05) is 0 Å². The predicted octanol–water partition coefficient (Wildman–Crippen LogP) is 2.32. The highest BCUT2D eigenvalue weighted by Crippen LogP contribution is 1.97. The van der Waals surface area contributed by atoms with Crippen LogP contribution in [0, 0.1) is 0 Å². The van der Waals surface area contributed by atoms with Gasteiger partial charge in [0, 0.05) is 19.4 Å². The summed E-state index contributed by atoms with van der Waals surface area (Å²) in [6.45, 7) is 5.26. The molecule has 0 aromatic carbocycles. The lowest BCUT2D eigenvalue weighted by molar-refractivity contribution is 0.441. The van der Waals surface area contributed by atoms with Gasteiger partial charge in [-0.25, -0.2) is 0 Å². The number of rotatable bonds is 7. The van der Waals surface area contributed by atoms with E-state index >= 15 is 0 Å². The molecular weight excluding hydrogens is 166 g/mol. The second-order valence-electron chi connectivity index (χ2n) is 2.82. The first-order valence-electron chi connectivity index (χ1n) is 4.57. The van der Waals surface area contributed by atoms with Crippen molar-refractivity contribution in [3.63, 3.8) is 0 Å². The third-order valence-electron chi connectivity index (χ3n) is 1.63. The molecule has 0 aliphatic heterocycles. The van der Waals surface area contributed by atoms with Crippen molar-refractivity contribution >= 4 is 15.5 Å². The zero-order valence-corrected chi connectivity index (χ0v) is 9.39. The Kier molecular flexibility index (Phi) is 8.83. The van der Waals surface area contributed by atoms with Gasteiger partial charge >= 0.3 is 0 Å². The first-order valence-corrected chi connectivity index (χ1v) is 5.68. The van der Waals surface area contributed by atoms with Crippen molar-refractivity contribution in [2.24, 2.45) is 4.99 Å². The maximum Gasteiger partial charge on any atom is 0.230 e. The largest absolute Gasteiger partial charge is 0.421 e. The topological polar surface area (TPSA) is 21.6 Å². The zero-order valence-electron chi connectivity index (χ0n) is 8.39. The third-order valence-corrected chi connectivity index (χ3v) is 2.35. The van der Waals surface area contributed by atoms with Gasteiger partial charge in [-0.3, -0.25) is 4.99 Å². The fraction of sp³-hybridized carbons (Fsp3) is 0.889. The monoisotopic (exact) mass is 185 g/mol. The molecule has 0 spiro atoms. The Labute approximate surface area is 78.4 Å². The fourth-order valence-corrected chi connectivity index (χ4v) is 1.31. The lowest BCUT2D eigenvalue weighted by Crippen LogP contribution is -1.98. The standard InChI is InChI=1S/C9H19NOSi/c1-4-5-6-9(2)10-7-8-12-11-3/h4-8H2,1-3H3. The molecule has 2 nitrogen and oxygen atoms in total. The molecule has 70 valence electrons. The van der Waals surface area contributed by atoms with E-state index in [9.17, 15) is 0 Å². The second kappa shape index (κ2) is 8.94. The smallest absolute Gasteiger partial charge is 0.230 e. The van der Waals surface area contributed by atoms with Crippen LogP contribution in [0.4, 0.5) is 0 Å². The molecule has 0 bridgehead atoms. The zero-order chi connectivity index (χ0) is 9.23. The summed E-state index contributed by atoms with van der Waals surface area (Å²) in [5, 5.41) is 0. The van der Waals surface area contributed by atoms with E-state index in [0.717, 1.165) is 19.0 Å². The van der Waals surface area contributed by atoms with Gasteiger partial charge in [-0.15, -0.1) is 0 Å². The molecule has 0 aliphatic carbocycles. The van der Waals surface area contributed by atoms with Crippen molar-refractivity contribution in [2.45, 2.75) is 39.2 Å². The summed E-state index contributed by atoms with van der Waals surface area (Å²) in [6.07, 6.45) is 3.68. The number of hydrogen-bond acceptors (Lipinski definition) is 2. The maximum absolute atomic E-state index is 4.96. The summed E-state index contributed by atoms with van der Waals surface area (Å²) in [4.78, 5) is 4.44. The van der Waals surface area contributed by atoms with Crippen molar-refractivity contribution in [3.8, 4) is 0 Å². The third kappa shape index (κ3) is 7.95. The van der Waals surface area contributed by atoms with Gasteiger partial charge in [-0.05, 0) is 25.8 Å². The minimum absolute atomic E-state index is 0.610. The van der Waals surface area contributed by atoms with Crippen molar-refractivity contribution in [1.82, 2.24) is 0 Å². The van der Waals surface area contributed by atoms with Crippen LogP contribution in [-0.4, -0.2) is 29.1 Å². The molecule has 12 heavy (non-hydrogen) atoms. The minimum Gasteiger partial charge on any atom is -0.421 e. The van der Waals surface area contributed by atoms with E-state index < -0.39 is 0 Å². The highest BCUT2D eigenvalue weighted by atomic mass is 28.2. The van der Waals surface area contributed by atoms with Crippen LogP contribution in [0.3, 0.4) is 0 Å². The van der Waals surface area contributed by atoms with Gasteiger partial charge in [0.1, 0.15) is 0 Å². The van der Waals surface area contributed by atoms with E-state index in [0.29, 0.717) is 9.76 Å². The lowest BCUT2D eigenvalue weighted by Gasteiger charge is -1.98. The summed E-state index contributed by atoms with van der Waals surface area (Å²) in [5.41, 5.74) is 1.29. The highest BCUT2D eigenvalue weighted by Gasteiger charge is 1.91. The molecule has 3 heteroatoms. The first-order chi connectivity index (χ1) is 5.81. The van der Waals surface area contributed by atoms with Crippen molar-refractivity contribution in [2.75, 3.05) is 13.7 Å². The van der Waals surface area contributed by atoms with Gasteiger partial charge in [-0.1, -0.05) is 13.3 Å². The molecule has 0 atom stereocenters. The van der Waals surface area contributed by atoms with Crippen LogP contribution in [0.25, 0.3) is 0 Å². The average Bonchev–Trinajstić information content (AvgIpc) is 2.09. The summed E-state index contributed by atoms with van der Waals surface area (Å²) in [5.74, 6) is 0. The Bertz CT molecular complexity index is 126. The summed E-state index contributed by atoms with van der Waals surface area (Å²) in [6, 6.07) is 1.07. The average molecular weight is 185 g/mol. The molecular formula is C9H19NOSi.